The molecule has 146 valence electrons. The van der Waals surface area contributed by atoms with Crippen LogP contribution in [0.4, 0.5) is 5.82 Å². The molecular weight excluding hydrogens is 368 g/mol. The van der Waals surface area contributed by atoms with Crippen LogP contribution in [-0.4, -0.2) is 23.1 Å². The highest BCUT2D eigenvalue weighted by Crippen LogP contribution is 2.25. The maximum absolute atomic E-state index is 5.95. The zero-order chi connectivity index (χ0) is 19.8. The van der Waals surface area contributed by atoms with Crippen LogP contribution in [0.15, 0.2) is 42.5 Å². The van der Waals surface area contributed by atoms with Crippen LogP contribution in [0.5, 0.6) is 0 Å². The highest BCUT2D eigenvalue weighted by atomic mass is 35.5. The van der Waals surface area contributed by atoms with E-state index in [2.05, 4.69) is 18.3 Å². The third-order valence-corrected chi connectivity index (χ3v) is 4.92. The van der Waals surface area contributed by atoms with Gasteiger partial charge in [0.1, 0.15) is 5.82 Å². The molecule has 2 aromatic carbocycles. The van der Waals surface area contributed by atoms with Gasteiger partial charge in [-0.3, -0.25) is 0 Å². The van der Waals surface area contributed by atoms with Crippen molar-refractivity contribution in [3.63, 3.8) is 0 Å². The Labute approximate surface area is 171 Å². The molecule has 1 heterocycles. The Hall–Kier alpha value is -2.43. The van der Waals surface area contributed by atoms with Crippen LogP contribution in [-0.2, 0) is 0 Å². The van der Waals surface area contributed by atoms with Gasteiger partial charge >= 0.3 is 0 Å². The lowest BCUT2D eigenvalue weighted by Crippen LogP contribution is -2.07. The number of anilines is 1. The summed E-state index contributed by atoms with van der Waals surface area (Å²) in [4.78, 5) is 9.49. The van der Waals surface area contributed by atoms with Gasteiger partial charge < -0.3 is 11.1 Å². The number of nitrogens with one attached hydrogen (secondary N) is 1. The van der Waals surface area contributed by atoms with Crippen molar-refractivity contribution in [3.05, 3.63) is 64.4 Å². The molecule has 3 aromatic rings. The Bertz CT molecular complexity index is 935. The zero-order valence-corrected chi connectivity index (χ0v) is 17.0. The first-order chi connectivity index (χ1) is 13.7. The number of nitrogens with zero attached hydrogens (tertiary/aromatic N) is 2. The largest absolute Gasteiger partial charge is 0.369 e. The van der Waals surface area contributed by atoms with E-state index in [1.807, 2.05) is 48.6 Å². The minimum Gasteiger partial charge on any atom is -0.369 e. The van der Waals surface area contributed by atoms with Crippen molar-refractivity contribution in [1.29, 1.82) is 0 Å². The fourth-order valence-corrected chi connectivity index (χ4v) is 3.28. The number of hydrogen-bond acceptors (Lipinski definition) is 4. The molecule has 0 aliphatic rings. The predicted octanol–water partition coefficient (Wildman–Crippen LogP) is 5.69. The molecule has 0 saturated heterocycles. The van der Waals surface area contributed by atoms with E-state index in [0.29, 0.717) is 5.82 Å². The van der Waals surface area contributed by atoms with Crippen molar-refractivity contribution < 1.29 is 0 Å². The van der Waals surface area contributed by atoms with Crippen LogP contribution in [0.1, 0.15) is 42.6 Å². The van der Waals surface area contributed by atoms with Crippen molar-refractivity contribution >= 4 is 40.5 Å². The molecule has 0 spiro atoms. The third kappa shape index (κ3) is 5.54. The Morgan fingerprint density at radius 3 is 2.54 bits per heavy atom. The average Bonchev–Trinajstić information content (AvgIpc) is 2.70. The molecule has 0 amide bonds. The molecule has 1 aromatic heterocycles. The van der Waals surface area contributed by atoms with Gasteiger partial charge in [0.25, 0.3) is 0 Å². The number of halogens is 1. The quantitative estimate of drug-likeness (QED) is 0.457. The summed E-state index contributed by atoms with van der Waals surface area (Å²) in [5, 5.41) is 5.34. The lowest BCUT2D eigenvalue weighted by atomic mass is 10.1. The van der Waals surface area contributed by atoms with Gasteiger partial charge in [0.05, 0.1) is 5.52 Å². The van der Waals surface area contributed by atoms with E-state index in [9.17, 15) is 0 Å². The van der Waals surface area contributed by atoms with Gasteiger partial charge in [-0.25, -0.2) is 9.97 Å². The van der Waals surface area contributed by atoms with Gasteiger partial charge in [-0.05, 0) is 61.7 Å². The molecular formula is C23H27ClN4. The number of nitrogens with two attached hydrogens (primary N) is 1. The van der Waals surface area contributed by atoms with Gasteiger partial charge in [0, 0.05) is 17.0 Å². The molecule has 0 aliphatic carbocycles. The monoisotopic (exact) mass is 394 g/mol. The first kappa shape index (κ1) is 20.3. The van der Waals surface area contributed by atoms with E-state index in [1.165, 1.54) is 18.4 Å². The molecule has 0 aliphatic heterocycles. The summed E-state index contributed by atoms with van der Waals surface area (Å²) < 4.78 is 0. The van der Waals surface area contributed by atoms with Crippen LogP contribution in [0.25, 0.3) is 23.1 Å². The van der Waals surface area contributed by atoms with Crippen LogP contribution in [0.2, 0.25) is 5.02 Å². The second-order valence-electron chi connectivity index (χ2n) is 6.91. The molecule has 0 unspecified atom stereocenters. The number of fused-ring (bicyclic) bond motifs is 1. The van der Waals surface area contributed by atoms with Gasteiger partial charge in [-0.15, -0.1) is 0 Å². The van der Waals surface area contributed by atoms with E-state index in [-0.39, 0.29) is 0 Å². The normalized spacial score (nSPS) is 11.4. The average molecular weight is 395 g/mol. The number of benzene rings is 2. The number of rotatable bonds is 9. The van der Waals surface area contributed by atoms with E-state index in [4.69, 9.17) is 27.3 Å². The van der Waals surface area contributed by atoms with Crippen molar-refractivity contribution in [2.75, 3.05) is 18.4 Å². The van der Waals surface area contributed by atoms with Gasteiger partial charge in [0.2, 0.25) is 0 Å². The Kier molecular flexibility index (Phi) is 7.40. The topological polar surface area (TPSA) is 63.8 Å². The standard InChI is InChI=1S/C23H27ClN4/c1-17-7-6-8-20-22(17)23(26-16-5-3-2-4-15-25)28-21(27-20)14-11-18-9-12-19(24)13-10-18/h6-14H,2-5,15-16,25H2,1H3,(H,26,27,28)/b14-11+. The molecule has 0 atom stereocenters. The Morgan fingerprint density at radius 1 is 0.964 bits per heavy atom. The summed E-state index contributed by atoms with van der Waals surface area (Å²) in [5.41, 5.74) is 8.76. The number of aryl methyl sites for hydroxylation is 1. The second kappa shape index (κ2) is 10.2. The number of aromatic nitrogens is 2. The number of hydrogen-bond donors (Lipinski definition) is 2. The second-order valence-corrected chi connectivity index (χ2v) is 7.35. The molecule has 0 fully saturated rings. The minimum absolute atomic E-state index is 0.693. The summed E-state index contributed by atoms with van der Waals surface area (Å²) in [6, 6.07) is 13.9. The fraction of sp³-hybridized carbons (Fsp3) is 0.304. The van der Waals surface area contributed by atoms with Crippen LogP contribution in [0, 0.1) is 6.92 Å². The summed E-state index contributed by atoms with van der Waals surface area (Å²) in [6.07, 6.45) is 8.50. The van der Waals surface area contributed by atoms with Gasteiger partial charge in [-0.1, -0.05) is 54.8 Å². The van der Waals surface area contributed by atoms with E-state index < -0.39 is 0 Å². The molecule has 4 nitrogen and oxygen atoms in total. The van der Waals surface area contributed by atoms with E-state index in [0.717, 1.165) is 53.2 Å². The maximum atomic E-state index is 5.95. The predicted molar refractivity (Wildman–Crippen MR) is 121 cm³/mol. The molecule has 0 radical (unpaired) electrons. The van der Waals surface area contributed by atoms with E-state index >= 15 is 0 Å². The smallest absolute Gasteiger partial charge is 0.154 e. The highest BCUT2D eigenvalue weighted by molar-refractivity contribution is 6.30. The fourth-order valence-electron chi connectivity index (χ4n) is 3.15. The van der Waals surface area contributed by atoms with Crippen molar-refractivity contribution in [2.24, 2.45) is 5.73 Å². The van der Waals surface area contributed by atoms with Crippen molar-refractivity contribution in [2.45, 2.75) is 32.6 Å². The Balaban J connectivity index is 1.80. The molecule has 0 saturated carbocycles. The molecule has 28 heavy (non-hydrogen) atoms. The first-order valence-electron chi connectivity index (χ1n) is 9.82. The lowest BCUT2D eigenvalue weighted by Gasteiger charge is -2.11. The summed E-state index contributed by atoms with van der Waals surface area (Å²) in [6.45, 7) is 3.76. The molecule has 3 rings (SSSR count). The molecule has 5 heteroatoms. The van der Waals surface area contributed by atoms with Crippen LogP contribution >= 0.6 is 11.6 Å². The summed E-state index contributed by atoms with van der Waals surface area (Å²) in [7, 11) is 0. The summed E-state index contributed by atoms with van der Waals surface area (Å²) in [5.74, 6) is 1.59. The summed E-state index contributed by atoms with van der Waals surface area (Å²) >= 11 is 5.95. The van der Waals surface area contributed by atoms with Crippen molar-refractivity contribution in [1.82, 2.24) is 9.97 Å². The molecule has 0 bridgehead atoms. The zero-order valence-electron chi connectivity index (χ0n) is 16.3. The Morgan fingerprint density at radius 2 is 1.75 bits per heavy atom. The van der Waals surface area contributed by atoms with Gasteiger partial charge in [0.15, 0.2) is 5.82 Å². The van der Waals surface area contributed by atoms with Crippen LogP contribution in [0.3, 0.4) is 0 Å². The first-order valence-corrected chi connectivity index (χ1v) is 10.2. The third-order valence-electron chi connectivity index (χ3n) is 4.67. The minimum atomic E-state index is 0.693. The molecule has 3 N–H and O–H groups in total. The number of unbranched alkanes of at least 4 members (excludes halogenated alkanes) is 3. The van der Waals surface area contributed by atoms with Crippen molar-refractivity contribution in [3.8, 4) is 0 Å². The van der Waals surface area contributed by atoms with E-state index in [1.54, 1.807) is 0 Å². The van der Waals surface area contributed by atoms with Gasteiger partial charge in [-0.2, -0.15) is 0 Å². The highest BCUT2D eigenvalue weighted by Gasteiger charge is 2.08. The maximum Gasteiger partial charge on any atom is 0.154 e. The van der Waals surface area contributed by atoms with Crippen LogP contribution < -0.4 is 11.1 Å². The lowest BCUT2D eigenvalue weighted by molar-refractivity contribution is 0.661. The SMILES string of the molecule is Cc1cccc2nc(/C=C/c3ccc(Cl)cc3)nc(NCCCCCCN)c12.